The Morgan fingerprint density at radius 3 is 2.03 bits per heavy atom. The summed E-state index contributed by atoms with van der Waals surface area (Å²) in [6.07, 6.45) is 3.55. The Balaban J connectivity index is 0.000000730. The molecule has 0 saturated heterocycles. The topological polar surface area (TPSA) is 25.8 Å². The largest absolute Gasteiger partial charge is 0.256 e. The molecule has 0 aliphatic rings. The number of fused-ring (bicyclic) bond motifs is 3. The zero-order valence-electron chi connectivity index (χ0n) is 16.8. The molecule has 5 aromatic rings. The van der Waals surface area contributed by atoms with Crippen LogP contribution in [0.15, 0.2) is 97.2 Å². The van der Waals surface area contributed by atoms with Crippen LogP contribution in [0.1, 0.15) is 22.4 Å². The van der Waals surface area contributed by atoms with E-state index in [1.807, 2.05) is 12.3 Å². The first kappa shape index (κ1) is 22.1. The average molecular weight is 550 g/mol. The summed E-state index contributed by atoms with van der Waals surface area (Å²) in [5.74, 6) is 0. The van der Waals surface area contributed by atoms with Crippen molar-refractivity contribution in [2.75, 3.05) is 0 Å². The molecule has 2 aromatic heterocycles. The number of halogens is 2. The van der Waals surface area contributed by atoms with Crippen molar-refractivity contribution < 1.29 is 0 Å². The fourth-order valence-corrected chi connectivity index (χ4v) is 3.78. The van der Waals surface area contributed by atoms with Crippen LogP contribution in [0.3, 0.4) is 0 Å². The SMILES string of the molecule is [Cl][Sn][Cl].c1ccc(Cc2cc3ccc4ncccc4c3nc2Cc2ccccc2)cc1. The molecule has 31 heavy (non-hydrogen) atoms. The van der Waals surface area contributed by atoms with Crippen LogP contribution >= 0.6 is 17.8 Å². The summed E-state index contributed by atoms with van der Waals surface area (Å²) >= 11 is -0.826. The normalized spacial score (nSPS) is 10.6. The molecule has 5 rings (SSSR count). The van der Waals surface area contributed by atoms with Gasteiger partial charge < -0.3 is 0 Å². The van der Waals surface area contributed by atoms with Crippen molar-refractivity contribution in [3.8, 4) is 0 Å². The van der Waals surface area contributed by atoms with E-state index in [1.165, 1.54) is 22.1 Å². The minimum absolute atomic E-state index is 0.826. The predicted molar refractivity (Wildman–Crippen MR) is 133 cm³/mol. The minimum atomic E-state index is -0.826. The standard InChI is InChI=1S/C26H20N2.2ClH.Sn/c1-3-8-19(9-4-1)16-22-18-21-13-14-24-23(12-7-15-27-24)26(21)28-25(22)17-20-10-5-2-6-11-20;;;/h1-15,18H,16-17H2;2*1H;/q;;;+2/p-2. The fourth-order valence-electron chi connectivity index (χ4n) is 3.78. The van der Waals surface area contributed by atoms with E-state index in [0.717, 1.165) is 35.0 Å². The van der Waals surface area contributed by atoms with Crippen LogP contribution in [-0.4, -0.2) is 28.9 Å². The molecule has 0 fully saturated rings. The van der Waals surface area contributed by atoms with E-state index < -0.39 is 18.9 Å². The van der Waals surface area contributed by atoms with E-state index in [1.54, 1.807) is 0 Å². The van der Waals surface area contributed by atoms with Gasteiger partial charge in [-0.25, -0.2) is 0 Å². The minimum Gasteiger partial charge on any atom is -0.256 e. The third-order valence-electron chi connectivity index (χ3n) is 5.19. The number of pyridine rings is 2. The van der Waals surface area contributed by atoms with Crippen molar-refractivity contribution in [2.24, 2.45) is 0 Å². The molecule has 0 bridgehead atoms. The number of benzene rings is 3. The molecule has 0 saturated carbocycles. The molecule has 2 heterocycles. The van der Waals surface area contributed by atoms with Crippen molar-refractivity contribution in [1.29, 1.82) is 0 Å². The first-order chi connectivity index (χ1) is 15.3. The predicted octanol–water partition coefficient (Wildman–Crippen LogP) is 6.96. The molecule has 0 amide bonds. The van der Waals surface area contributed by atoms with Gasteiger partial charge in [0.1, 0.15) is 0 Å². The van der Waals surface area contributed by atoms with Crippen LogP contribution in [0, 0.1) is 0 Å². The van der Waals surface area contributed by atoms with Gasteiger partial charge in [-0.15, -0.1) is 0 Å². The molecule has 0 aliphatic carbocycles. The Kier molecular flexibility index (Phi) is 7.79. The molecule has 5 heteroatoms. The van der Waals surface area contributed by atoms with Crippen molar-refractivity contribution in [2.45, 2.75) is 12.8 Å². The smallest absolute Gasteiger partial charge is 0.0799 e. The Bertz CT molecular complexity index is 1280. The molecule has 0 unspecified atom stereocenters. The van der Waals surface area contributed by atoms with Gasteiger partial charge in [0, 0.05) is 29.1 Å². The molecule has 3 aromatic carbocycles. The molecule has 2 radical (unpaired) electrons. The molecule has 0 spiro atoms. The van der Waals surface area contributed by atoms with Crippen molar-refractivity contribution in [1.82, 2.24) is 9.97 Å². The summed E-state index contributed by atoms with van der Waals surface area (Å²) in [5.41, 5.74) is 7.03. The first-order valence-electron chi connectivity index (χ1n) is 9.99. The van der Waals surface area contributed by atoms with Gasteiger partial charge in [-0.1, -0.05) is 66.7 Å². The summed E-state index contributed by atoms with van der Waals surface area (Å²) in [6, 6.07) is 31.8. The van der Waals surface area contributed by atoms with Crippen LogP contribution in [0.2, 0.25) is 0 Å². The first-order valence-corrected chi connectivity index (χ1v) is 17.2. The molecule has 2 nitrogen and oxygen atoms in total. The second-order valence-electron chi connectivity index (χ2n) is 7.20. The summed E-state index contributed by atoms with van der Waals surface area (Å²) in [4.78, 5) is 9.65. The zero-order valence-corrected chi connectivity index (χ0v) is 21.2. The Labute approximate surface area is 199 Å². The van der Waals surface area contributed by atoms with E-state index in [9.17, 15) is 0 Å². The number of hydrogen-bond donors (Lipinski definition) is 0. The maximum Gasteiger partial charge on any atom is 0.0799 e. The van der Waals surface area contributed by atoms with E-state index in [0.29, 0.717) is 0 Å². The third kappa shape index (κ3) is 5.56. The van der Waals surface area contributed by atoms with Gasteiger partial charge in [0.15, 0.2) is 0 Å². The van der Waals surface area contributed by atoms with E-state index >= 15 is 0 Å². The van der Waals surface area contributed by atoms with Gasteiger partial charge in [-0.2, -0.15) is 0 Å². The maximum absolute atomic E-state index is 5.15. The van der Waals surface area contributed by atoms with Crippen LogP contribution in [0.4, 0.5) is 0 Å². The molecule has 0 aliphatic heterocycles. The number of aromatic nitrogens is 2. The van der Waals surface area contributed by atoms with Crippen LogP contribution in [-0.2, 0) is 12.8 Å². The fraction of sp³-hybridized carbons (Fsp3) is 0.0769. The van der Waals surface area contributed by atoms with Gasteiger partial charge in [0.05, 0.1) is 11.0 Å². The number of nitrogens with zero attached hydrogens (tertiary/aromatic N) is 2. The molecule has 0 atom stereocenters. The van der Waals surface area contributed by atoms with Crippen LogP contribution in [0.25, 0.3) is 21.8 Å². The summed E-state index contributed by atoms with van der Waals surface area (Å²) in [7, 11) is 9.87. The second-order valence-corrected chi connectivity index (χ2v) is 11.4. The van der Waals surface area contributed by atoms with Crippen molar-refractivity contribution >= 4 is 58.5 Å². The van der Waals surface area contributed by atoms with Gasteiger partial charge in [-0.3, -0.25) is 9.97 Å². The Morgan fingerprint density at radius 2 is 1.35 bits per heavy atom. The molecule has 152 valence electrons. The third-order valence-corrected chi connectivity index (χ3v) is 5.19. The zero-order chi connectivity index (χ0) is 21.5. The number of hydrogen-bond acceptors (Lipinski definition) is 2. The van der Waals surface area contributed by atoms with E-state index in [2.05, 4.69) is 89.9 Å². The van der Waals surface area contributed by atoms with Gasteiger partial charge in [0.25, 0.3) is 0 Å². The van der Waals surface area contributed by atoms with E-state index in [-0.39, 0.29) is 0 Å². The van der Waals surface area contributed by atoms with Crippen LogP contribution < -0.4 is 0 Å². The van der Waals surface area contributed by atoms with Gasteiger partial charge >= 0.3 is 36.7 Å². The Hall–Kier alpha value is -2.14. The monoisotopic (exact) mass is 550 g/mol. The van der Waals surface area contributed by atoms with Gasteiger partial charge in [-0.05, 0) is 47.4 Å². The summed E-state index contributed by atoms with van der Waals surface area (Å²) in [6.45, 7) is 0. The molecular formula is C26H20Cl2N2Sn. The Morgan fingerprint density at radius 1 is 0.710 bits per heavy atom. The average Bonchev–Trinajstić information content (AvgIpc) is 2.81. The number of rotatable bonds is 4. The summed E-state index contributed by atoms with van der Waals surface area (Å²) in [5, 5.41) is 2.28. The van der Waals surface area contributed by atoms with E-state index in [4.69, 9.17) is 22.8 Å². The molecular weight excluding hydrogens is 530 g/mol. The second kappa shape index (κ2) is 10.9. The quantitative estimate of drug-likeness (QED) is 0.179. The molecule has 0 N–H and O–H groups in total. The van der Waals surface area contributed by atoms with Gasteiger partial charge in [0.2, 0.25) is 0 Å². The van der Waals surface area contributed by atoms with Crippen LogP contribution in [0.5, 0.6) is 0 Å². The van der Waals surface area contributed by atoms with Crippen molar-refractivity contribution in [3.63, 3.8) is 0 Å². The van der Waals surface area contributed by atoms with Crippen molar-refractivity contribution in [3.05, 3.63) is 120 Å². The summed E-state index contributed by atoms with van der Waals surface area (Å²) < 4.78 is 0. The maximum atomic E-state index is 5.15.